The molecule has 0 aromatic heterocycles. The standard InChI is InChI=1S/C26H24O8/c1-3-21(27)31-15-17-33-25(29)24(26(30)34-18-16-32-22(28)4-2)23(19-11-7-5-8-12-19)20-13-9-6-10-14-20/h3-14H,1-2,15-18H2. The molecule has 176 valence electrons. The quantitative estimate of drug-likeness (QED) is 0.118. The second-order valence-electron chi connectivity index (χ2n) is 6.50. The summed E-state index contributed by atoms with van der Waals surface area (Å²) >= 11 is 0. The molecule has 0 bridgehead atoms. The number of rotatable bonds is 12. The summed E-state index contributed by atoms with van der Waals surface area (Å²) in [7, 11) is 0. The Bertz CT molecular complexity index is 971. The monoisotopic (exact) mass is 464 g/mol. The van der Waals surface area contributed by atoms with Crippen LogP contribution in [0, 0.1) is 0 Å². The first-order chi connectivity index (χ1) is 16.5. The van der Waals surface area contributed by atoms with Gasteiger partial charge in [0, 0.05) is 17.7 Å². The molecule has 0 aliphatic rings. The van der Waals surface area contributed by atoms with Gasteiger partial charge < -0.3 is 18.9 Å². The van der Waals surface area contributed by atoms with Crippen molar-refractivity contribution in [1.29, 1.82) is 0 Å². The predicted octanol–water partition coefficient (Wildman–Crippen LogP) is 3.03. The molecule has 0 atom stereocenters. The van der Waals surface area contributed by atoms with Crippen LogP contribution >= 0.6 is 0 Å². The minimum atomic E-state index is -0.967. The van der Waals surface area contributed by atoms with E-state index in [-0.39, 0.29) is 32.0 Å². The Hall–Kier alpha value is -4.46. The Labute approximate surface area is 197 Å². The van der Waals surface area contributed by atoms with E-state index < -0.39 is 23.9 Å². The Morgan fingerprint density at radius 3 is 1.29 bits per heavy atom. The van der Waals surface area contributed by atoms with Gasteiger partial charge in [-0.1, -0.05) is 73.8 Å². The summed E-state index contributed by atoms with van der Waals surface area (Å²) in [4.78, 5) is 48.4. The number of carbonyl (C=O) groups is 4. The van der Waals surface area contributed by atoms with Crippen LogP contribution in [0.25, 0.3) is 5.57 Å². The molecule has 0 saturated heterocycles. The van der Waals surface area contributed by atoms with Crippen LogP contribution < -0.4 is 0 Å². The predicted molar refractivity (Wildman–Crippen MR) is 123 cm³/mol. The maximum absolute atomic E-state index is 13.0. The van der Waals surface area contributed by atoms with E-state index in [0.717, 1.165) is 12.2 Å². The summed E-state index contributed by atoms with van der Waals surface area (Å²) in [5.74, 6) is -3.28. The molecular weight excluding hydrogens is 440 g/mol. The minimum Gasteiger partial charge on any atom is -0.459 e. The van der Waals surface area contributed by atoms with Gasteiger partial charge in [0.1, 0.15) is 26.4 Å². The van der Waals surface area contributed by atoms with Crippen LogP contribution in [-0.2, 0) is 38.1 Å². The molecule has 0 spiro atoms. The van der Waals surface area contributed by atoms with Gasteiger partial charge in [-0.05, 0) is 11.1 Å². The van der Waals surface area contributed by atoms with Crippen LogP contribution in [0.4, 0.5) is 0 Å². The topological polar surface area (TPSA) is 105 Å². The highest BCUT2D eigenvalue weighted by Crippen LogP contribution is 2.28. The molecule has 34 heavy (non-hydrogen) atoms. The van der Waals surface area contributed by atoms with Gasteiger partial charge in [-0.3, -0.25) is 0 Å². The van der Waals surface area contributed by atoms with Crippen molar-refractivity contribution in [2.45, 2.75) is 0 Å². The zero-order chi connectivity index (χ0) is 24.8. The summed E-state index contributed by atoms with van der Waals surface area (Å²) in [5, 5.41) is 0. The number of hydrogen-bond acceptors (Lipinski definition) is 8. The van der Waals surface area contributed by atoms with E-state index in [1.165, 1.54) is 0 Å². The third-order valence-corrected chi connectivity index (χ3v) is 4.24. The minimum absolute atomic E-state index is 0.220. The maximum Gasteiger partial charge on any atom is 0.346 e. The smallest absolute Gasteiger partial charge is 0.346 e. The van der Waals surface area contributed by atoms with Gasteiger partial charge in [-0.25, -0.2) is 19.2 Å². The zero-order valence-corrected chi connectivity index (χ0v) is 18.4. The fourth-order valence-electron chi connectivity index (χ4n) is 2.77. The van der Waals surface area contributed by atoms with Crippen molar-refractivity contribution < 1.29 is 38.1 Å². The molecular formula is C26H24O8. The lowest BCUT2D eigenvalue weighted by Gasteiger charge is -2.15. The van der Waals surface area contributed by atoms with Crippen LogP contribution in [0.2, 0.25) is 0 Å². The van der Waals surface area contributed by atoms with Crippen molar-refractivity contribution in [2.24, 2.45) is 0 Å². The second-order valence-corrected chi connectivity index (χ2v) is 6.50. The Kier molecular flexibility index (Phi) is 10.5. The first-order valence-electron chi connectivity index (χ1n) is 10.3. The summed E-state index contributed by atoms with van der Waals surface area (Å²) < 4.78 is 20.0. The van der Waals surface area contributed by atoms with Gasteiger partial charge in [-0.2, -0.15) is 0 Å². The number of hydrogen-bond donors (Lipinski definition) is 0. The second kappa shape index (κ2) is 13.8. The average Bonchev–Trinajstić information content (AvgIpc) is 2.87. The summed E-state index contributed by atoms with van der Waals surface area (Å²) in [6.07, 6.45) is 1.96. The maximum atomic E-state index is 13.0. The lowest BCUT2D eigenvalue weighted by molar-refractivity contribution is -0.152. The lowest BCUT2D eigenvalue weighted by atomic mass is 9.93. The van der Waals surface area contributed by atoms with Crippen LogP contribution in [0.5, 0.6) is 0 Å². The molecule has 0 saturated carbocycles. The molecule has 0 heterocycles. The van der Waals surface area contributed by atoms with Crippen molar-refractivity contribution in [3.05, 3.63) is 103 Å². The van der Waals surface area contributed by atoms with Gasteiger partial charge >= 0.3 is 23.9 Å². The molecule has 0 fully saturated rings. The zero-order valence-electron chi connectivity index (χ0n) is 18.4. The third-order valence-electron chi connectivity index (χ3n) is 4.24. The van der Waals surface area contributed by atoms with E-state index in [4.69, 9.17) is 18.9 Å². The fraction of sp³-hybridized carbons (Fsp3) is 0.154. The SMILES string of the molecule is C=CC(=O)OCCOC(=O)C(C(=O)OCCOC(=O)C=C)=C(c1ccccc1)c1ccccc1. The summed E-state index contributed by atoms with van der Waals surface area (Å²) in [6, 6.07) is 17.6. The lowest BCUT2D eigenvalue weighted by Crippen LogP contribution is -2.23. The summed E-state index contributed by atoms with van der Waals surface area (Å²) in [5.41, 5.74) is 1.09. The third kappa shape index (κ3) is 7.90. The first kappa shape index (κ1) is 25.8. The largest absolute Gasteiger partial charge is 0.459 e. The number of esters is 4. The number of carbonyl (C=O) groups excluding carboxylic acids is 4. The van der Waals surface area contributed by atoms with E-state index >= 15 is 0 Å². The van der Waals surface area contributed by atoms with Crippen LogP contribution in [0.1, 0.15) is 11.1 Å². The van der Waals surface area contributed by atoms with Crippen molar-refractivity contribution >= 4 is 29.5 Å². The number of benzene rings is 2. The van der Waals surface area contributed by atoms with Crippen molar-refractivity contribution in [2.75, 3.05) is 26.4 Å². The first-order valence-corrected chi connectivity index (χ1v) is 10.3. The molecule has 0 N–H and O–H groups in total. The van der Waals surface area contributed by atoms with Gasteiger partial charge in [0.15, 0.2) is 5.57 Å². The molecule has 2 aromatic carbocycles. The van der Waals surface area contributed by atoms with E-state index in [2.05, 4.69) is 13.2 Å². The van der Waals surface area contributed by atoms with E-state index in [1.807, 2.05) is 0 Å². The van der Waals surface area contributed by atoms with Crippen molar-refractivity contribution in [3.8, 4) is 0 Å². The van der Waals surface area contributed by atoms with Crippen molar-refractivity contribution in [3.63, 3.8) is 0 Å². The van der Waals surface area contributed by atoms with Crippen molar-refractivity contribution in [1.82, 2.24) is 0 Å². The van der Waals surface area contributed by atoms with Crippen LogP contribution in [0.15, 0.2) is 91.5 Å². The Morgan fingerprint density at radius 1 is 0.588 bits per heavy atom. The molecule has 0 amide bonds. The molecule has 8 heteroatoms. The van der Waals surface area contributed by atoms with Gasteiger partial charge in [0.05, 0.1) is 0 Å². The van der Waals surface area contributed by atoms with E-state index in [0.29, 0.717) is 16.7 Å². The molecule has 8 nitrogen and oxygen atoms in total. The van der Waals surface area contributed by atoms with Crippen LogP contribution in [0.3, 0.4) is 0 Å². The number of ether oxygens (including phenoxy) is 4. The highest BCUT2D eigenvalue weighted by atomic mass is 16.6. The van der Waals surface area contributed by atoms with E-state index in [1.54, 1.807) is 60.7 Å². The summed E-state index contributed by atoms with van der Waals surface area (Å²) in [6.45, 7) is 5.54. The normalized spacial score (nSPS) is 9.76. The Balaban J connectivity index is 2.38. The van der Waals surface area contributed by atoms with Gasteiger partial charge in [0.25, 0.3) is 0 Å². The van der Waals surface area contributed by atoms with Crippen LogP contribution in [-0.4, -0.2) is 50.3 Å². The Morgan fingerprint density at radius 2 is 0.941 bits per heavy atom. The van der Waals surface area contributed by atoms with E-state index in [9.17, 15) is 19.2 Å². The molecule has 2 aromatic rings. The molecule has 2 rings (SSSR count). The molecule has 0 aliphatic carbocycles. The average molecular weight is 464 g/mol. The molecule has 0 radical (unpaired) electrons. The fourth-order valence-corrected chi connectivity index (χ4v) is 2.77. The highest BCUT2D eigenvalue weighted by Gasteiger charge is 2.28. The van der Waals surface area contributed by atoms with Gasteiger partial charge in [0.2, 0.25) is 0 Å². The molecule has 0 unspecified atom stereocenters. The van der Waals surface area contributed by atoms with Gasteiger partial charge in [-0.15, -0.1) is 0 Å². The molecule has 0 aliphatic heterocycles. The highest BCUT2D eigenvalue weighted by molar-refractivity contribution is 6.21.